The molecule has 0 heterocycles. The Morgan fingerprint density at radius 1 is 0.633 bits per heavy atom. The Hall–Kier alpha value is -2.50. The van der Waals surface area contributed by atoms with Crippen molar-refractivity contribution in [2.24, 2.45) is 0 Å². The summed E-state index contributed by atoms with van der Waals surface area (Å²) in [4.78, 5) is -0.198. The Balaban J connectivity index is 1.68. The third-order valence-corrected chi connectivity index (χ3v) is 7.70. The second kappa shape index (κ2) is 10.0. The van der Waals surface area contributed by atoms with Crippen molar-refractivity contribution in [2.45, 2.75) is 41.9 Å². The number of phenolic OH excluding ortho intramolecular Hbond substituents is 4. The molecule has 0 unspecified atom stereocenters. The highest BCUT2D eigenvalue weighted by molar-refractivity contribution is 7.91. The van der Waals surface area contributed by atoms with E-state index in [0.29, 0.717) is 25.7 Å². The van der Waals surface area contributed by atoms with Gasteiger partial charge in [0.2, 0.25) is 10.0 Å². The van der Waals surface area contributed by atoms with Crippen molar-refractivity contribution in [3.05, 3.63) is 36.4 Å². The number of rotatable bonds is 11. The minimum atomic E-state index is -3.79. The normalized spacial score (nSPS) is 12.1. The summed E-state index contributed by atoms with van der Waals surface area (Å²) in [5.41, 5.74) is 0. The number of unbranched alkanes of at least 4 members (excludes halogenated alkanes) is 4. The first-order valence-corrected chi connectivity index (χ1v) is 12.4. The summed E-state index contributed by atoms with van der Waals surface area (Å²) in [6.07, 6.45) is 3.04. The van der Waals surface area contributed by atoms with Gasteiger partial charge in [-0.1, -0.05) is 19.3 Å². The first-order chi connectivity index (χ1) is 14.0. The SMILES string of the molecule is O=S(=O)(CCCCCCCNS(=O)(=O)c1ccc(O)c(O)c1)c1ccc(O)c(O)c1. The van der Waals surface area contributed by atoms with Crippen LogP contribution in [0, 0.1) is 0 Å². The van der Waals surface area contributed by atoms with E-state index in [4.69, 9.17) is 0 Å². The van der Waals surface area contributed by atoms with Crippen molar-refractivity contribution in [1.82, 2.24) is 4.72 Å². The van der Waals surface area contributed by atoms with E-state index in [1.807, 2.05) is 0 Å². The largest absolute Gasteiger partial charge is 0.504 e. The molecule has 0 fully saturated rings. The maximum Gasteiger partial charge on any atom is 0.240 e. The molecular formula is C19H25NO8S2. The van der Waals surface area contributed by atoms with Crippen molar-refractivity contribution >= 4 is 19.9 Å². The number of aromatic hydroxyl groups is 4. The smallest absolute Gasteiger partial charge is 0.240 e. The van der Waals surface area contributed by atoms with Crippen LogP contribution in [0.2, 0.25) is 0 Å². The third-order valence-electron chi connectivity index (χ3n) is 4.45. The Bertz CT molecular complexity index is 994. The molecule has 0 saturated heterocycles. The predicted octanol–water partition coefficient (Wildman–Crippen LogP) is 2.21. The van der Waals surface area contributed by atoms with Gasteiger partial charge in [-0.05, 0) is 37.1 Å². The highest BCUT2D eigenvalue weighted by Gasteiger charge is 2.17. The quantitative estimate of drug-likeness (QED) is 0.252. The Morgan fingerprint density at radius 2 is 1.13 bits per heavy atom. The van der Waals surface area contributed by atoms with Crippen molar-refractivity contribution in [1.29, 1.82) is 0 Å². The number of hydrogen-bond donors (Lipinski definition) is 5. The number of sulfonamides is 1. The minimum absolute atomic E-state index is 0.0486. The summed E-state index contributed by atoms with van der Waals surface area (Å²) in [5, 5.41) is 37.3. The molecule has 30 heavy (non-hydrogen) atoms. The number of nitrogens with one attached hydrogen (secondary N) is 1. The summed E-state index contributed by atoms with van der Waals surface area (Å²) in [7, 11) is -7.35. The maximum atomic E-state index is 12.2. The molecule has 9 nitrogen and oxygen atoms in total. The van der Waals surface area contributed by atoms with Gasteiger partial charge in [0.1, 0.15) is 0 Å². The fraction of sp³-hybridized carbons (Fsp3) is 0.368. The summed E-state index contributed by atoms with van der Waals surface area (Å²) >= 11 is 0. The van der Waals surface area contributed by atoms with Gasteiger partial charge in [0.05, 0.1) is 15.5 Å². The van der Waals surface area contributed by atoms with Gasteiger partial charge in [-0.2, -0.15) is 0 Å². The van der Waals surface area contributed by atoms with E-state index in [9.17, 15) is 37.3 Å². The standard InChI is InChI=1S/C19H25NO8S2/c21-16-8-6-14(12-18(16)23)29(25,26)11-5-3-1-2-4-10-20-30(27,28)15-7-9-17(22)19(24)13-15/h6-9,12-13,20-24H,1-5,10-11H2. The fourth-order valence-corrected chi connectivity index (χ4v) is 5.20. The van der Waals surface area contributed by atoms with Crippen LogP contribution in [0.1, 0.15) is 32.1 Å². The minimum Gasteiger partial charge on any atom is -0.504 e. The zero-order valence-corrected chi connectivity index (χ0v) is 17.8. The highest BCUT2D eigenvalue weighted by atomic mass is 32.2. The summed E-state index contributed by atoms with van der Waals surface area (Å²) in [5.74, 6) is -1.88. The first kappa shape index (κ1) is 23.8. The number of hydrogen-bond acceptors (Lipinski definition) is 8. The molecule has 11 heteroatoms. The molecule has 166 valence electrons. The van der Waals surface area contributed by atoms with E-state index in [1.54, 1.807) is 0 Å². The molecule has 0 saturated carbocycles. The average Bonchev–Trinajstić information content (AvgIpc) is 2.68. The van der Waals surface area contributed by atoms with E-state index >= 15 is 0 Å². The lowest BCUT2D eigenvalue weighted by atomic mass is 10.2. The van der Waals surface area contributed by atoms with Crippen molar-refractivity contribution in [3.8, 4) is 23.0 Å². The maximum absolute atomic E-state index is 12.2. The molecule has 2 aromatic rings. The Labute approximate surface area is 175 Å². The second-order valence-electron chi connectivity index (χ2n) is 6.79. The van der Waals surface area contributed by atoms with Crippen LogP contribution in [0.3, 0.4) is 0 Å². The molecule has 0 amide bonds. The molecule has 0 atom stereocenters. The van der Waals surface area contributed by atoms with Gasteiger partial charge in [0.25, 0.3) is 0 Å². The van der Waals surface area contributed by atoms with Crippen LogP contribution in [0.15, 0.2) is 46.2 Å². The van der Waals surface area contributed by atoms with E-state index in [2.05, 4.69) is 4.72 Å². The molecule has 0 aliphatic heterocycles. The predicted molar refractivity (Wildman–Crippen MR) is 110 cm³/mol. The lowest BCUT2D eigenvalue weighted by Gasteiger charge is -2.08. The van der Waals surface area contributed by atoms with Gasteiger partial charge in [-0.15, -0.1) is 0 Å². The van der Waals surface area contributed by atoms with Gasteiger partial charge in [0, 0.05) is 18.7 Å². The van der Waals surface area contributed by atoms with Gasteiger partial charge in [0.15, 0.2) is 32.8 Å². The molecule has 0 spiro atoms. The van der Waals surface area contributed by atoms with Crippen LogP contribution in [0.25, 0.3) is 0 Å². The first-order valence-electron chi connectivity index (χ1n) is 9.29. The zero-order chi connectivity index (χ0) is 22.4. The molecule has 0 aliphatic carbocycles. The zero-order valence-electron chi connectivity index (χ0n) is 16.2. The van der Waals surface area contributed by atoms with E-state index < -0.39 is 37.1 Å². The lowest BCUT2D eigenvalue weighted by molar-refractivity contribution is 0.402. The van der Waals surface area contributed by atoms with Crippen LogP contribution >= 0.6 is 0 Å². The molecule has 0 radical (unpaired) electrons. The van der Waals surface area contributed by atoms with Gasteiger partial charge < -0.3 is 20.4 Å². The van der Waals surface area contributed by atoms with E-state index in [0.717, 1.165) is 30.7 Å². The van der Waals surface area contributed by atoms with Crippen LogP contribution in [-0.4, -0.2) is 49.6 Å². The molecule has 0 aromatic heterocycles. The van der Waals surface area contributed by atoms with E-state index in [1.165, 1.54) is 12.1 Å². The topological polar surface area (TPSA) is 161 Å². The number of sulfone groups is 1. The summed E-state index contributed by atoms with van der Waals surface area (Å²) in [6.45, 7) is 0.190. The second-order valence-corrected chi connectivity index (χ2v) is 10.7. The Kier molecular flexibility index (Phi) is 7.93. The van der Waals surface area contributed by atoms with Crippen LogP contribution in [0.4, 0.5) is 0 Å². The molecular weight excluding hydrogens is 434 g/mol. The van der Waals surface area contributed by atoms with Crippen molar-refractivity contribution < 1.29 is 37.3 Å². The van der Waals surface area contributed by atoms with Crippen LogP contribution < -0.4 is 4.72 Å². The molecule has 2 aromatic carbocycles. The lowest BCUT2D eigenvalue weighted by Crippen LogP contribution is -2.24. The van der Waals surface area contributed by atoms with Gasteiger partial charge >= 0.3 is 0 Å². The number of benzene rings is 2. The molecule has 0 aliphatic rings. The third kappa shape index (κ3) is 6.51. The highest BCUT2D eigenvalue weighted by Crippen LogP contribution is 2.28. The molecule has 0 bridgehead atoms. The fourth-order valence-electron chi connectivity index (χ4n) is 2.72. The molecule has 2 rings (SSSR count). The van der Waals surface area contributed by atoms with Gasteiger partial charge in [-0.25, -0.2) is 21.6 Å². The Morgan fingerprint density at radius 3 is 1.73 bits per heavy atom. The van der Waals surface area contributed by atoms with Gasteiger partial charge in [-0.3, -0.25) is 0 Å². The van der Waals surface area contributed by atoms with E-state index in [-0.39, 0.29) is 27.8 Å². The molecule has 5 N–H and O–H groups in total. The average molecular weight is 460 g/mol. The monoisotopic (exact) mass is 459 g/mol. The van der Waals surface area contributed by atoms with Crippen LogP contribution in [-0.2, 0) is 19.9 Å². The van der Waals surface area contributed by atoms with Crippen LogP contribution in [0.5, 0.6) is 23.0 Å². The van der Waals surface area contributed by atoms with Crippen molar-refractivity contribution in [3.63, 3.8) is 0 Å². The summed E-state index contributed by atoms with van der Waals surface area (Å²) < 4.78 is 51.1. The summed E-state index contributed by atoms with van der Waals surface area (Å²) in [6, 6.07) is 6.63. The number of phenols is 4. The van der Waals surface area contributed by atoms with Crippen molar-refractivity contribution in [2.75, 3.05) is 12.3 Å².